The molecule has 1 aliphatic heterocycles. The second kappa shape index (κ2) is 9.75. The number of halogens is 1. The Hall–Kier alpha value is -3.51. The molecule has 0 aromatic heterocycles. The summed E-state index contributed by atoms with van der Waals surface area (Å²) < 4.78 is 11.5. The van der Waals surface area contributed by atoms with Gasteiger partial charge in [-0.15, -0.1) is 0 Å². The smallest absolute Gasteiger partial charge is 0.267 e. The quantitative estimate of drug-likeness (QED) is 0.504. The van der Waals surface area contributed by atoms with Crippen molar-refractivity contribution in [2.24, 2.45) is 0 Å². The minimum absolute atomic E-state index is 0.133. The molecule has 1 heterocycles. The number of ether oxygens (including phenoxy) is 2. The van der Waals surface area contributed by atoms with Crippen molar-refractivity contribution in [2.45, 2.75) is 19.4 Å². The molecule has 1 atom stereocenters. The maximum Gasteiger partial charge on any atom is 0.267 e. The van der Waals surface area contributed by atoms with Gasteiger partial charge < -0.3 is 19.7 Å². The zero-order valence-corrected chi connectivity index (χ0v) is 18.3. The van der Waals surface area contributed by atoms with Gasteiger partial charge in [0.1, 0.15) is 11.5 Å². The minimum Gasteiger partial charge on any atom is -0.494 e. The fourth-order valence-electron chi connectivity index (χ4n) is 3.49. The van der Waals surface area contributed by atoms with Crippen LogP contribution in [-0.4, -0.2) is 31.1 Å². The Kier molecular flexibility index (Phi) is 6.61. The Morgan fingerprint density at radius 3 is 2.62 bits per heavy atom. The van der Waals surface area contributed by atoms with Crippen molar-refractivity contribution in [2.75, 3.05) is 23.4 Å². The van der Waals surface area contributed by atoms with Gasteiger partial charge in [-0.25, -0.2) is 0 Å². The third kappa shape index (κ3) is 4.86. The van der Waals surface area contributed by atoms with Gasteiger partial charge in [-0.05, 0) is 55.8 Å². The van der Waals surface area contributed by atoms with E-state index in [2.05, 4.69) is 5.32 Å². The van der Waals surface area contributed by atoms with E-state index in [1.807, 2.05) is 30.3 Å². The number of nitrogens with one attached hydrogen (secondary N) is 1. The van der Waals surface area contributed by atoms with Crippen LogP contribution in [0.3, 0.4) is 0 Å². The van der Waals surface area contributed by atoms with Gasteiger partial charge in [0.25, 0.3) is 11.8 Å². The van der Waals surface area contributed by atoms with Crippen molar-refractivity contribution in [3.8, 4) is 11.5 Å². The number of nitrogens with zero attached hydrogens (tertiary/aromatic N) is 1. The number of hydrogen-bond acceptors (Lipinski definition) is 4. The van der Waals surface area contributed by atoms with Crippen LogP contribution >= 0.6 is 11.6 Å². The summed E-state index contributed by atoms with van der Waals surface area (Å²) in [4.78, 5) is 27.1. The van der Waals surface area contributed by atoms with Crippen LogP contribution in [0, 0.1) is 0 Å². The molecule has 4 rings (SSSR count). The fourth-order valence-corrected chi connectivity index (χ4v) is 3.71. The Morgan fingerprint density at radius 1 is 1.09 bits per heavy atom. The Balaban J connectivity index is 1.47. The number of amides is 2. The van der Waals surface area contributed by atoms with Crippen LogP contribution in [0.1, 0.15) is 23.7 Å². The highest BCUT2D eigenvalue weighted by Gasteiger charge is 2.31. The van der Waals surface area contributed by atoms with Gasteiger partial charge in [0.05, 0.1) is 22.9 Å². The third-order valence-electron chi connectivity index (χ3n) is 5.08. The lowest BCUT2D eigenvalue weighted by Gasteiger charge is -2.33. The van der Waals surface area contributed by atoms with Crippen molar-refractivity contribution in [1.29, 1.82) is 0 Å². The Bertz CT molecular complexity index is 1120. The molecule has 0 saturated heterocycles. The highest BCUT2D eigenvalue weighted by Crippen LogP contribution is 2.36. The van der Waals surface area contributed by atoms with Gasteiger partial charge in [0.2, 0.25) is 0 Å². The summed E-state index contributed by atoms with van der Waals surface area (Å²) in [6.07, 6.45) is 0.0596. The van der Waals surface area contributed by atoms with Crippen molar-refractivity contribution >= 4 is 34.8 Å². The largest absolute Gasteiger partial charge is 0.494 e. The molecule has 1 aliphatic rings. The average Bonchev–Trinajstić information content (AvgIpc) is 2.80. The first-order valence-corrected chi connectivity index (χ1v) is 10.8. The molecule has 7 heteroatoms. The molecule has 0 bridgehead atoms. The van der Waals surface area contributed by atoms with Gasteiger partial charge in [0, 0.05) is 12.2 Å². The Labute approximate surface area is 191 Å². The first kappa shape index (κ1) is 21.7. The van der Waals surface area contributed by atoms with E-state index in [1.165, 1.54) is 0 Å². The van der Waals surface area contributed by atoms with Gasteiger partial charge in [-0.3, -0.25) is 9.59 Å². The van der Waals surface area contributed by atoms with Crippen molar-refractivity contribution < 1.29 is 19.1 Å². The maximum atomic E-state index is 12.8. The lowest BCUT2D eigenvalue weighted by molar-refractivity contribution is -0.125. The number of fused-ring (bicyclic) bond motifs is 1. The van der Waals surface area contributed by atoms with Gasteiger partial charge in [-0.2, -0.15) is 0 Å². The summed E-state index contributed by atoms with van der Waals surface area (Å²) in [6, 6.07) is 21.6. The highest BCUT2D eigenvalue weighted by atomic mass is 35.5. The van der Waals surface area contributed by atoms with Crippen molar-refractivity contribution in [1.82, 2.24) is 0 Å². The molecular weight excluding hydrogens is 428 g/mol. The number of carbonyl (C=O) groups excluding carboxylic acids is 2. The number of rotatable bonds is 7. The summed E-state index contributed by atoms with van der Waals surface area (Å²) in [5.74, 6) is 0.928. The molecule has 2 amide bonds. The molecule has 6 nitrogen and oxygen atoms in total. The van der Waals surface area contributed by atoms with E-state index in [-0.39, 0.29) is 11.8 Å². The normalized spacial score (nSPS) is 15.0. The molecule has 0 fully saturated rings. The summed E-state index contributed by atoms with van der Waals surface area (Å²) in [5.41, 5.74) is 1.54. The van der Waals surface area contributed by atoms with Crippen molar-refractivity contribution in [3.05, 3.63) is 83.4 Å². The average molecular weight is 451 g/mol. The second-order valence-electron chi connectivity index (χ2n) is 7.38. The molecule has 3 aromatic carbocycles. The molecule has 164 valence electrons. The number of hydrogen-bond donors (Lipinski definition) is 1. The summed E-state index contributed by atoms with van der Waals surface area (Å²) in [7, 11) is 0. The Morgan fingerprint density at radius 2 is 1.84 bits per heavy atom. The number of para-hydroxylation sites is 1. The molecular formula is C25H23ClN2O4. The van der Waals surface area contributed by atoms with Crippen LogP contribution in [-0.2, 0) is 4.79 Å². The van der Waals surface area contributed by atoms with Gasteiger partial charge in [-0.1, -0.05) is 41.9 Å². The topological polar surface area (TPSA) is 67.9 Å². The molecule has 0 saturated carbocycles. The standard InChI is InChI=1S/C25H23ClN2O4/c1-17-25(30)28(14-7-15-31-19-8-3-2-4-9-19)22-16-18(12-13-23(22)32-17)27-24(29)20-10-5-6-11-21(20)26/h2-6,8-13,16-17H,7,14-15H2,1H3,(H,27,29). The predicted octanol–water partition coefficient (Wildman–Crippen LogP) is 5.18. The molecule has 32 heavy (non-hydrogen) atoms. The van der Waals surface area contributed by atoms with E-state index in [0.29, 0.717) is 47.3 Å². The van der Waals surface area contributed by atoms with E-state index in [1.54, 1.807) is 54.3 Å². The van der Waals surface area contributed by atoms with E-state index in [0.717, 1.165) is 5.75 Å². The second-order valence-corrected chi connectivity index (χ2v) is 7.79. The monoisotopic (exact) mass is 450 g/mol. The predicted molar refractivity (Wildman–Crippen MR) is 125 cm³/mol. The first-order valence-electron chi connectivity index (χ1n) is 10.4. The van der Waals surface area contributed by atoms with Gasteiger partial charge in [0.15, 0.2) is 6.10 Å². The molecule has 0 radical (unpaired) electrons. The SMILES string of the molecule is CC1Oc2ccc(NC(=O)c3ccccc3Cl)cc2N(CCCOc2ccccc2)C1=O. The number of anilines is 2. The molecule has 0 spiro atoms. The number of benzene rings is 3. The van der Waals surface area contributed by atoms with Crippen LogP contribution in [0.5, 0.6) is 11.5 Å². The lowest BCUT2D eigenvalue weighted by atomic mass is 10.1. The fraction of sp³-hybridized carbons (Fsp3) is 0.200. The van der Waals surface area contributed by atoms with Crippen LogP contribution in [0.15, 0.2) is 72.8 Å². The van der Waals surface area contributed by atoms with E-state index in [9.17, 15) is 9.59 Å². The minimum atomic E-state index is -0.582. The first-order chi connectivity index (χ1) is 15.5. The highest BCUT2D eigenvalue weighted by molar-refractivity contribution is 6.34. The van der Waals surface area contributed by atoms with E-state index >= 15 is 0 Å². The third-order valence-corrected chi connectivity index (χ3v) is 5.41. The zero-order chi connectivity index (χ0) is 22.5. The maximum absolute atomic E-state index is 12.8. The molecule has 1 N–H and O–H groups in total. The van der Waals surface area contributed by atoms with E-state index in [4.69, 9.17) is 21.1 Å². The van der Waals surface area contributed by atoms with Crippen LogP contribution in [0.2, 0.25) is 5.02 Å². The lowest BCUT2D eigenvalue weighted by Crippen LogP contribution is -2.45. The van der Waals surface area contributed by atoms with Crippen LogP contribution in [0.25, 0.3) is 0 Å². The summed E-state index contributed by atoms with van der Waals surface area (Å²) in [5, 5.41) is 3.21. The molecule has 1 unspecified atom stereocenters. The zero-order valence-electron chi connectivity index (χ0n) is 17.6. The number of carbonyl (C=O) groups is 2. The molecule has 3 aromatic rings. The van der Waals surface area contributed by atoms with Gasteiger partial charge >= 0.3 is 0 Å². The van der Waals surface area contributed by atoms with Crippen molar-refractivity contribution in [3.63, 3.8) is 0 Å². The summed E-state index contributed by atoms with van der Waals surface area (Å²) in [6.45, 7) is 2.67. The van der Waals surface area contributed by atoms with Crippen LogP contribution < -0.4 is 19.7 Å². The molecule has 0 aliphatic carbocycles. The van der Waals surface area contributed by atoms with Crippen LogP contribution in [0.4, 0.5) is 11.4 Å². The summed E-state index contributed by atoms with van der Waals surface area (Å²) >= 11 is 6.13. The van der Waals surface area contributed by atoms with E-state index < -0.39 is 6.10 Å².